The van der Waals surface area contributed by atoms with Crippen LogP contribution in [0.4, 0.5) is 0 Å². The number of ether oxygens (including phenoxy) is 2. The third-order valence-electron chi connectivity index (χ3n) is 2.27. The van der Waals surface area contributed by atoms with Gasteiger partial charge in [-0.15, -0.1) is 0 Å². The lowest BCUT2D eigenvalue weighted by Gasteiger charge is -2.19. The molecule has 0 radical (unpaired) electrons. The Bertz CT molecular complexity index is 570. The lowest BCUT2D eigenvalue weighted by molar-refractivity contribution is -0.141. The molecule has 21 heavy (non-hydrogen) atoms. The van der Waals surface area contributed by atoms with Gasteiger partial charge in [-0.3, -0.25) is 4.79 Å². The van der Waals surface area contributed by atoms with Gasteiger partial charge in [-0.25, -0.2) is 4.79 Å². The molecule has 0 aliphatic carbocycles. The fourth-order valence-electron chi connectivity index (χ4n) is 1.49. The van der Waals surface area contributed by atoms with Crippen LogP contribution in [0.1, 0.15) is 50.0 Å². The third kappa shape index (κ3) is 6.62. The molecule has 112 valence electrons. The summed E-state index contributed by atoms with van der Waals surface area (Å²) in [6, 6.07) is 6.82. The van der Waals surface area contributed by atoms with Crippen molar-refractivity contribution in [3.63, 3.8) is 0 Å². The maximum absolute atomic E-state index is 11.9. The molecule has 0 heterocycles. The number of hydrogen-bond acceptors (Lipinski definition) is 4. The molecule has 0 aromatic heterocycles. The van der Waals surface area contributed by atoms with Gasteiger partial charge in [-0.1, -0.05) is 17.9 Å². The molecule has 0 N–H and O–H groups in total. The van der Waals surface area contributed by atoms with Crippen LogP contribution >= 0.6 is 0 Å². The average Bonchev–Trinajstić information content (AvgIpc) is 2.37. The van der Waals surface area contributed by atoms with Crippen molar-refractivity contribution in [3.8, 4) is 11.8 Å². The zero-order valence-electron chi connectivity index (χ0n) is 12.9. The van der Waals surface area contributed by atoms with Crippen LogP contribution < -0.4 is 0 Å². The molecular weight excluding hydrogens is 268 g/mol. The molecule has 4 heteroatoms. The molecule has 0 saturated carbocycles. The van der Waals surface area contributed by atoms with Crippen LogP contribution in [0.15, 0.2) is 24.3 Å². The first kappa shape index (κ1) is 16.8. The van der Waals surface area contributed by atoms with Crippen molar-refractivity contribution < 1.29 is 19.1 Å². The SMILES string of the molecule is CCOC(=O)CC#Cc1cccc(C(=O)OC(C)(C)C)c1. The molecule has 0 aliphatic rings. The largest absolute Gasteiger partial charge is 0.465 e. The Morgan fingerprint density at radius 2 is 1.95 bits per heavy atom. The van der Waals surface area contributed by atoms with Crippen LogP contribution in [0, 0.1) is 11.8 Å². The second-order valence-corrected chi connectivity index (χ2v) is 5.37. The minimum absolute atomic E-state index is 0.0322. The number of hydrogen-bond donors (Lipinski definition) is 0. The van der Waals surface area contributed by atoms with Gasteiger partial charge in [0.2, 0.25) is 0 Å². The topological polar surface area (TPSA) is 52.6 Å². The van der Waals surface area contributed by atoms with Crippen LogP contribution in [0.3, 0.4) is 0 Å². The number of carbonyl (C=O) groups excluding carboxylic acids is 2. The van der Waals surface area contributed by atoms with Crippen molar-refractivity contribution in [1.82, 2.24) is 0 Å². The highest BCUT2D eigenvalue weighted by Gasteiger charge is 2.17. The van der Waals surface area contributed by atoms with Crippen molar-refractivity contribution >= 4 is 11.9 Å². The summed E-state index contributed by atoms with van der Waals surface area (Å²) >= 11 is 0. The summed E-state index contributed by atoms with van der Waals surface area (Å²) in [5, 5.41) is 0. The zero-order chi connectivity index (χ0) is 15.9. The van der Waals surface area contributed by atoms with Gasteiger partial charge in [0.1, 0.15) is 12.0 Å². The highest BCUT2D eigenvalue weighted by Crippen LogP contribution is 2.13. The van der Waals surface area contributed by atoms with E-state index in [2.05, 4.69) is 11.8 Å². The molecule has 1 aromatic rings. The molecule has 0 atom stereocenters. The minimum atomic E-state index is -0.539. The average molecular weight is 288 g/mol. The van der Waals surface area contributed by atoms with E-state index in [1.165, 1.54) is 0 Å². The summed E-state index contributed by atoms with van der Waals surface area (Å²) in [7, 11) is 0. The van der Waals surface area contributed by atoms with Gasteiger partial charge in [-0.2, -0.15) is 0 Å². The highest BCUT2D eigenvalue weighted by atomic mass is 16.6. The molecule has 4 nitrogen and oxygen atoms in total. The summed E-state index contributed by atoms with van der Waals surface area (Å²) in [4.78, 5) is 23.1. The first-order chi connectivity index (χ1) is 9.81. The highest BCUT2D eigenvalue weighted by molar-refractivity contribution is 5.90. The molecule has 1 aromatic carbocycles. The predicted molar refractivity (Wildman–Crippen MR) is 79.7 cm³/mol. The Balaban J connectivity index is 2.75. The van der Waals surface area contributed by atoms with E-state index in [4.69, 9.17) is 9.47 Å². The molecule has 1 rings (SSSR count). The Labute approximate surface area is 125 Å². The van der Waals surface area contributed by atoms with E-state index in [1.54, 1.807) is 31.2 Å². The maximum atomic E-state index is 11.9. The van der Waals surface area contributed by atoms with Crippen molar-refractivity contribution in [2.75, 3.05) is 6.61 Å². The third-order valence-corrected chi connectivity index (χ3v) is 2.27. The Morgan fingerprint density at radius 3 is 2.57 bits per heavy atom. The van der Waals surface area contributed by atoms with Crippen molar-refractivity contribution in [3.05, 3.63) is 35.4 Å². The van der Waals surface area contributed by atoms with Gasteiger partial charge >= 0.3 is 11.9 Å². The van der Waals surface area contributed by atoms with Gasteiger partial charge in [0.05, 0.1) is 12.2 Å². The summed E-state index contributed by atoms with van der Waals surface area (Å²) < 4.78 is 10.1. The van der Waals surface area contributed by atoms with Crippen LogP contribution in [-0.4, -0.2) is 24.1 Å². The second-order valence-electron chi connectivity index (χ2n) is 5.37. The summed E-state index contributed by atoms with van der Waals surface area (Å²) in [5.41, 5.74) is 0.554. The normalized spacial score (nSPS) is 10.3. The standard InChI is InChI=1S/C17H20O4/c1-5-20-15(18)11-7-9-13-8-6-10-14(12-13)16(19)21-17(2,3)4/h6,8,10,12H,5,11H2,1-4H3. The van der Waals surface area contributed by atoms with E-state index >= 15 is 0 Å². The molecule has 0 bridgehead atoms. The molecule has 0 unspecified atom stereocenters. The quantitative estimate of drug-likeness (QED) is 0.634. The fourth-order valence-corrected chi connectivity index (χ4v) is 1.49. The van der Waals surface area contributed by atoms with E-state index < -0.39 is 11.6 Å². The van der Waals surface area contributed by atoms with Gasteiger partial charge < -0.3 is 9.47 Å². The first-order valence-corrected chi connectivity index (χ1v) is 6.79. The molecule has 0 spiro atoms. The second kappa shape index (κ2) is 7.49. The van der Waals surface area contributed by atoms with E-state index in [0.29, 0.717) is 17.7 Å². The van der Waals surface area contributed by atoms with Gasteiger partial charge in [0, 0.05) is 5.56 Å². The lowest BCUT2D eigenvalue weighted by atomic mass is 10.1. The van der Waals surface area contributed by atoms with Crippen LogP contribution in [0.2, 0.25) is 0 Å². The monoisotopic (exact) mass is 288 g/mol. The number of rotatable bonds is 3. The fraction of sp³-hybridized carbons (Fsp3) is 0.412. The molecular formula is C17H20O4. The summed E-state index contributed by atoms with van der Waals surface area (Å²) in [6.07, 6.45) is 0.0322. The van der Waals surface area contributed by atoms with Crippen molar-refractivity contribution in [2.45, 2.75) is 39.7 Å². The molecule has 0 saturated heterocycles. The summed E-state index contributed by atoms with van der Waals surface area (Å²) in [6.45, 7) is 7.53. The predicted octanol–water partition coefficient (Wildman–Crippen LogP) is 2.95. The van der Waals surface area contributed by atoms with E-state index in [0.717, 1.165) is 0 Å². The Morgan fingerprint density at radius 1 is 1.24 bits per heavy atom. The summed E-state index contributed by atoms with van der Waals surface area (Å²) in [5.74, 6) is 4.81. The molecule has 0 aliphatic heterocycles. The Hall–Kier alpha value is -2.28. The number of esters is 2. The minimum Gasteiger partial charge on any atom is -0.465 e. The first-order valence-electron chi connectivity index (χ1n) is 6.79. The van der Waals surface area contributed by atoms with Gasteiger partial charge in [0.25, 0.3) is 0 Å². The van der Waals surface area contributed by atoms with E-state index in [1.807, 2.05) is 20.8 Å². The van der Waals surface area contributed by atoms with Crippen LogP contribution in [0.25, 0.3) is 0 Å². The van der Waals surface area contributed by atoms with Gasteiger partial charge in [-0.05, 0) is 45.9 Å². The molecule has 0 fully saturated rings. The van der Waals surface area contributed by atoms with Crippen LogP contribution in [-0.2, 0) is 14.3 Å². The smallest absolute Gasteiger partial charge is 0.338 e. The number of carbonyl (C=O) groups is 2. The molecule has 0 amide bonds. The van der Waals surface area contributed by atoms with E-state index in [9.17, 15) is 9.59 Å². The van der Waals surface area contributed by atoms with Crippen molar-refractivity contribution in [1.29, 1.82) is 0 Å². The number of benzene rings is 1. The maximum Gasteiger partial charge on any atom is 0.338 e. The van der Waals surface area contributed by atoms with E-state index in [-0.39, 0.29) is 12.4 Å². The zero-order valence-corrected chi connectivity index (χ0v) is 12.9. The van der Waals surface area contributed by atoms with Crippen LogP contribution in [0.5, 0.6) is 0 Å². The van der Waals surface area contributed by atoms with Gasteiger partial charge in [0.15, 0.2) is 0 Å². The lowest BCUT2D eigenvalue weighted by Crippen LogP contribution is -2.23. The van der Waals surface area contributed by atoms with Crippen molar-refractivity contribution in [2.24, 2.45) is 0 Å². The Kier molecular flexibility index (Phi) is 5.98.